The van der Waals surface area contributed by atoms with Gasteiger partial charge in [-0.05, 0) is 81.9 Å². The van der Waals surface area contributed by atoms with E-state index >= 15 is 0 Å². The van der Waals surface area contributed by atoms with E-state index in [2.05, 4.69) is 34.2 Å². The number of hydrogen-bond acceptors (Lipinski definition) is 4. The third-order valence-electron chi connectivity index (χ3n) is 6.39. The standard InChI is InChI=1S/C23H34N4O/c1-2-27-12-4-7-22(27)17-25-23(28)9-8-19-10-13-26(14-11-19)18-21-6-3-5-20(15-21)16-24/h3,5-6,15,19,22H,2,4,7-14,17-18H2,1H3,(H,25,28)/t22-/m0/s1. The predicted octanol–water partition coefficient (Wildman–Crippen LogP) is 3.15. The number of nitrogens with one attached hydrogen (secondary N) is 1. The fourth-order valence-electron chi connectivity index (χ4n) is 4.63. The van der Waals surface area contributed by atoms with Crippen molar-refractivity contribution >= 4 is 5.91 Å². The first kappa shape index (κ1) is 20.8. The molecule has 0 unspecified atom stereocenters. The first-order valence-electron chi connectivity index (χ1n) is 10.9. The Balaban J connectivity index is 1.32. The van der Waals surface area contributed by atoms with E-state index in [9.17, 15) is 4.79 Å². The van der Waals surface area contributed by atoms with E-state index < -0.39 is 0 Å². The molecule has 1 aromatic rings. The molecule has 1 N–H and O–H groups in total. The average molecular weight is 383 g/mol. The SMILES string of the molecule is CCN1CCC[C@H]1CNC(=O)CCC1CCN(Cc2cccc(C#N)c2)CC1. The van der Waals surface area contributed by atoms with E-state index in [4.69, 9.17) is 5.26 Å². The third kappa shape index (κ3) is 6.05. The van der Waals surface area contributed by atoms with E-state index in [-0.39, 0.29) is 5.91 Å². The number of hydrogen-bond donors (Lipinski definition) is 1. The Hall–Kier alpha value is -1.90. The van der Waals surface area contributed by atoms with Crippen molar-refractivity contribution in [2.24, 2.45) is 5.92 Å². The summed E-state index contributed by atoms with van der Waals surface area (Å²) in [5, 5.41) is 12.2. The van der Waals surface area contributed by atoms with Crippen LogP contribution >= 0.6 is 0 Å². The zero-order chi connectivity index (χ0) is 19.8. The Morgan fingerprint density at radius 2 is 2.07 bits per heavy atom. The number of rotatable bonds is 8. The summed E-state index contributed by atoms with van der Waals surface area (Å²) in [6.07, 6.45) is 6.46. The fraction of sp³-hybridized carbons (Fsp3) is 0.652. The number of carbonyl (C=O) groups is 1. The highest BCUT2D eigenvalue weighted by atomic mass is 16.1. The van der Waals surface area contributed by atoms with Crippen molar-refractivity contribution in [3.8, 4) is 6.07 Å². The minimum absolute atomic E-state index is 0.221. The molecule has 28 heavy (non-hydrogen) atoms. The number of benzene rings is 1. The molecule has 152 valence electrons. The summed E-state index contributed by atoms with van der Waals surface area (Å²) in [5.41, 5.74) is 1.95. The number of nitrogens with zero attached hydrogens (tertiary/aromatic N) is 3. The lowest BCUT2D eigenvalue weighted by molar-refractivity contribution is -0.121. The summed E-state index contributed by atoms with van der Waals surface area (Å²) in [6.45, 7) is 8.35. The number of likely N-dealkylation sites (N-methyl/N-ethyl adjacent to an activating group) is 1. The lowest BCUT2D eigenvalue weighted by Crippen LogP contribution is -2.40. The minimum Gasteiger partial charge on any atom is -0.355 e. The van der Waals surface area contributed by atoms with Gasteiger partial charge in [0, 0.05) is 25.6 Å². The van der Waals surface area contributed by atoms with Crippen LogP contribution in [0.15, 0.2) is 24.3 Å². The largest absolute Gasteiger partial charge is 0.355 e. The molecule has 5 heteroatoms. The first-order valence-corrected chi connectivity index (χ1v) is 10.9. The van der Waals surface area contributed by atoms with Gasteiger partial charge in [-0.15, -0.1) is 0 Å². The Kier molecular flexibility index (Phi) is 7.88. The maximum absolute atomic E-state index is 12.2. The van der Waals surface area contributed by atoms with Crippen molar-refractivity contribution < 1.29 is 4.79 Å². The summed E-state index contributed by atoms with van der Waals surface area (Å²) in [5.74, 6) is 0.879. The van der Waals surface area contributed by atoms with Gasteiger partial charge >= 0.3 is 0 Å². The highest BCUT2D eigenvalue weighted by Crippen LogP contribution is 2.23. The number of carbonyl (C=O) groups excluding carboxylic acids is 1. The second-order valence-electron chi connectivity index (χ2n) is 8.30. The molecule has 1 atom stereocenters. The van der Waals surface area contributed by atoms with Crippen molar-refractivity contribution in [3.63, 3.8) is 0 Å². The zero-order valence-corrected chi connectivity index (χ0v) is 17.2. The smallest absolute Gasteiger partial charge is 0.220 e. The quantitative estimate of drug-likeness (QED) is 0.750. The highest BCUT2D eigenvalue weighted by molar-refractivity contribution is 5.75. The topological polar surface area (TPSA) is 59.4 Å². The molecule has 0 radical (unpaired) electrons. The van der Waals surface area contributed by atoms with Crippen LogP contribution in [0.4, 0.5) is 0 Å². The molecule has 2 saturated heterocycles. The molecule has 0 aliphatic carbocycles. The second kappa shape index (κ2) is 10.6. The summed E-state index contributed by atoms with van der Waals surface area (Å²) in [6, 6.07) is 10.7. The number of amides is 1. The molecule has 0 aromatic heterocycles. The molecule has 2 aliphatic rings. The molecule has 2 aliphatic heterocycles. The Morgan fingerprint density at radius 1 is 1.25 bits per heavy atom. The van der Waals surface area contributed by atoms with Crippen LogP contribution in [0.2, 0.25) is 0 Å². The van der Waals surface area contributed by atoms with Crippen LogP contribution in [0.5, 0.6) is 0 Å². The van der Waals surface area contributed by atoms with E-state index in [1.165, 1.54) is 24.9 Å². The maximum atomic E-state index is 12.2. The molecule has 3 rings (SSSR count). The lowest BCUT2D eigenvalue weighted by Gasteiger charge is -2.32. The Bertz CT molecular complexity index is 675. The van der Waals surface area contributed by atoms with Gasteiger partial charge in [0.1, 0.15) is 0 Å². The lowest BCUT2D eigenvalue weighted by atomic mass is 9.91. The summed E-state index contributed by atoms with van der Waals surface area (Å²) < 4.78 is 0. The van der Waals surface area contributed by atoms with Crippen LogP contribution in [0, 0.1) is 17.2 Å². The van der Waals surface area contributed by atoms with Crippen LogP contribution in [0.3, 0.4) is 0 Å². The van der Waals surface area contributed by atoms with E-state index in [0.29, 0.717) is 18.4 Å². The molecule has 5 nitrogen and oxygen atoms in total. The van der Waals surface area contributed by atoms with Gasteiger partial charge in [0.15, 0.2) is 0 Å². The summed E-state index contributed by atoms with van der Waals surface area (Å²) >= 11 is 0. The van der Waals surface area contributed by atoms with E-state index in [0.717, 1.165) is 57.5 Å². The second-order valence-corrected chi connectivity index (χ2v) is 8.30. The molecule has 0 spiro atoms. The van der Waals surface area contributed by atoms with Gasteiger partial charge in [-0.2, -0.15) is 5.26 Å². The van der Waals surface area contributed by atoms with Crippen molar-refractivity contribution in [2.75, 3.05) is 32.7 Å². The number of likely N-dealkylation sites (tertiary alicyclic amines) is 2. The van der Waals surface area contributed by atoms with Gasteiger partial charge in [0.2, 0.25) is 5.91 Å². The number of piperidine rings is 1. The molecule has 2 fully saturated rings. The van der Waals surface area contributed by atoms with Crippen LogP contribution < -0.4 is 5.32 Å². The molecule has 0 saturated carbocycles. The molecule has 1 aromatic carbocycles. The highest BCUT2D eigenvalue weighted by Gasteiger charge is 2.24. The van der Waals surface area contributed by atoms with Gasteiger partial charge in [-0.25, -0.2) is 0 Å². The molecular weight excluding hydrogens is 348 g/mol. The van der Waals surface area contributed by atoms with E-state index in [1.807, 2.05) is 18.2 Å². The fourth-order valence-corrected chi connectivity index (χ4v) is 4.63. The van der Waals surface area contributed by atoms with Gasteiger partial charge in [0.05, 0.1) is 11.6 Å². The predicted molar refractivity (Wildman–Crippen MR) is 112 cm³/mol. The first-order chi connectivity index (χ1) is 13.7. The minimum atomic E-state index is 0.221. The molecule has 1 amide bonds. The maximum Gasteiger partial charge on any atom is 0.220 e. The Morgan fingerprint density at radius 3 is 2.82 bits per heavy atom. The normalized spacial score (nSPS) is 21.5. The van der Waals surface area contributed by atoms with Crippen LogP contribution in [0.25, 0.3) is 0 Å². The molecule has 2 heterocycles. The monoisotopic (exact) mass is 382 g/mol. The van der Waals surface area contributed by atoms with Crippen LogP contribution in [-0.2, 0) is 11.3 Å². The molecular formula is C23H34N4O. The van der Waals surface area contributed by atoms with Gasteiger partial charge in [-0.1, -0.05) is 19.1 Å². The Labute approximate surface area is 169 Å². The van der Waals surface area contributed by atoms with Crippen molar-refractivity contribution in [2.45, 2.75) is 58.0 Å². The molecule has 0 bridgehead atoms. The van der Waals surface area contributed by atoms with Gasteiger partial charge < -0.3 is 5.32 Å². The van der Waals surface area contributed by atoms with Gasteiger partial charge in [0.25, 0.3) is 0 Å². The summed E-state index contributed by atoms with van der Waals surface area (Å²) in [7, 11) is 0. The van der Waals surface area contributed by atoms with Crippen LogP contribution in [-0.4, -0.2) is 54.5 Å². The van der Waals surface area contributed by atoms with Gasteiger partial charge in [-0.3, -0.25) is 14.6 Å². The third-order valence-corrected chi connectivity index (χ3v) is 6.39. The van der Waals surface area contributed by atoms with Crippen molar-refractivity contribution in [1.82, 2.24) is 15.1 Å². The van der Waals surface area contributed by atoms with Crippen molar-refractivity contribution in [3.05, 3.63) is 35.4 Å². The number of nitriles is 1. The van der Waals surface area contributed by atoms with E-state index in [1.54, 1.807) is 0 Å². The zero-order valence-electron chi connectivity index (χ0n) is 17.2. The van der Waals surface area contributed by atoms with Crippen LogP contribution in [0.1, 0.15) is 56.6 Å². The summed E-state index contributed by atoms with van der Waals surface area (Å²) in [4.78, 5) is 17.2. The average Bonchev–Trinajstić information content (AvgIpc) is 3.19. The van der Waals surface area contributed by atoms with Crippen molar-refractivity contribution in [1.29, 1.82) is 5.26 Å².